The molecule has 6 heteroatoms. The van der Waals surface area contributed by atoms with E-state index >= 15 is 0 Å². The highest BCUT2D eigenvalue weighted by Gasteiger charge is 2.33. The molecule has 1 aliphatic carbocycles. The molecular formula is C23H28N2O3S. The minimum atomic E-state index is -3.76. The first-order chi connectivity index (χ1) is 13.9. The second kappa shape index (κ2) is 8.19. The van der Waals surface area contributed by atoms with Crippen LogP contribution in [0.1, 0.15) is 48.0 Å². The number of hydrogen-bond acceptors (Lipinski definition) is 3. The van der Waals surface area contributed by atoms with Crippen LogP contribution in [-0.4, -0.2) is 32.3 Å². The van der Waals surface area contributed by atoms with Crippen LogP contribution in [0.5, 0.6) is 0 Å². The Bertz CT molecular complexity index is 1000. The summed E-state index contributed by atoms with van der Waals surface area (Å²) in [7, 11) is -3.76. The predicted octanol–water partition coefficient (Wildman–Crippen LogP) is 4.45. The molecule has 0 aromatic heterocycles. The van der Waals surface area contributed by atoms with Gasteiger partial charge in [0, 0.05) is 24.3 Å². The van der Waals surface area contributed by atoms with E-state index < -0.39 is 10.0 Å². The first-order valence-electron chi connectivity index (χ1n) is 10.4. The Morgan fingerprint density at radius 1 is 1.00 bits per heavy atom. The fraction of sp³-hybridized carbons (Fsp3) is 0.435. The van der Waals surface area contributed by atoms with Crippen molar-refractivity contribution in [1.29, 1.82) is 0 Å². The maximum Gasteiger partial charge on any atom is 0.261 e. The Hall–Kier alpha value is -2.34. The Morgan fingerprint density at radius 3 is 2.55 bits per heavy atom. The highest BCUT2D eigenvalue weighted by atomic mass is 32.2. The standard InChI is InChI=1S/C23H28N2O3S/c1-17-6-4-10-21(14-17)24-29(27,28)22-11-5-9-19(15-22)23(26)25-13-12-18-7-2-3-8-20(18)16-25/h4-6,9-11,14-15,18,20,24H,2-3,7-8,12-13,16H2,1H3/t18-,20-/m1/s1. The molecule has 1 heterocycles. The van der Waals surface area contributed by atoms with E-state index in [0.29, 0.717) is 17.2 Å². The molecule has 1 aliphatic heterocycles. The van der Waals surface area contributed by atoms with E-state index in [-0.39, 0.29) is 10.8 Å². The molecule has 0 radical (unpaired) electrons. The third-order valence-corrected chi connectivity index (χ3v) is 7.62. The van der Waals surface area contributed by atoms with Gasteiger partial charge in [-0.1, -0.05) is 37.5 Å². The number of hydrogen-bond donors (Lipinski definition) is 1. The third kappa shape index (κ3) is 4.47. The van der Waals surface area contributed by atoms with Crippen molar-refractivity contribution in [2.75, 3.05) is 17.8 Å². The number of nitrogens with zero attached hydrogens (tertiary/aromatic N) is 1. The van der Waals surface area contributed by atoms with Gasteiger partial charge in [-0.25, -0.2) is 8.42 Å². The zero-order valence-electron chi connectivity index (χ0n) is 16.8. The number of piperidine rings is 1. The lowest BCUT2D eigenvalue weighted by Gasteiger charge is -2.41. The van der Waals surface area contributed by atoms with Crippen LogP contribution in [0.4, 0.5) is 5.69 Å². The maximum absolute atomic E-state index is 13.1. The molecule has 1 saturated heterocycles. The van der Waals surface area contributed by atoms with Gasteiger partial charge in [-0.15, -0.1) is 0 Å². The molecule has 2 aromatic rings. The lowest BCUT2D eigenvalue weighted by molar-refractivity contribution is 0.0520. The molecule has 5 nitrogen and oxygen atoms in total. The monoisotopic (exact) mass is 412 g/mol. The Labute approximate surface area is 173 Å². The number of sulfonamides is 1. The van der Waals surface area contributed by atoms with Crippen molar-refractivity contribution in [2.24, 2.45) is 11.8 Å². The number of fused-ring (bicyclic) bond motifs is 1. The highest BCUT2D eigenvalue weighted by Crippen LogP contribution is 2.36. The van der Waals surface area contributed by atoms with Gasteiger partial charge >= 0.3 is 0 Å². The van der Waals surface area contributed by atoms with Gasteiger partial charge in [0.1, 0.15) is 0 Å². The number of amides is 1. The summed E-state index contributed by atoms with van der Waals surface area (Å²) >= 11 is 0. The van der Waals surface area contributed by atoms with E-state index in [4.69, 9.17) is 0 Å². The first kappa shape index (κ1) is 20.0. The fourth-order valence-electron chi connectivity index (χ4n) is 4.69. The average Bonchev–Trinajstić information content (AvgIpc) is 2.72. The van der Waals surface area contributed by atoms with Crippen molar-refractivity contribution in [1.82, 2.24) is 4.90 Å². The Kier molecular flexibility index (Phi) is 5.63. The summed E-state index contributed by atoms with van der Waals surface area (Å²) in [5.41, 5.74) is 1.92. The first-order valence-corrected chi connectivity index (χ1v) is 11.9. The SMILES string of the molecule is Cc1cccc(NS(=O)(=O)c2cccc(C(=O)N3CC[C@H]4CCCC[C@@H]4C3)c2)c1. The Morgan fingerprint density at radius 2 is 1.76 bits per heavy atom. The van der Waals surface area contributed by atoms with Gasteiger partial charge in [-0.05, 0) is 67.5 Å². The summed E-state index contributed by atoms with van der Waals surface area (Å²) in [5.74, 6) is 1.27. The van der Waals surface area contributed by atoms with Crippen LogP contribution in [0.25, 0.3) is 0 Å². The van der Waals surface area contributed by atoms with Crippen LogP contribution in [0.15, 0.2) is 53.4 Å². The van der Waals surface area contributed by atoms with Crippen LogP contribution in [0, 0.1) is 18.8 Å². The third-order valence-electron chi connectivity index (χ3n) is 6.24. The zero-order chi connectivity index (χ0) is 20.4. The van der Waals surface area contributed by atoms with Crippen LogP contribution in [0.2, 0.25) is 0 Å². The van der Waals surface area contributed by atoms with Gasteiger partial charge in [0.2, 0.25) is 0 Å². The molecule has 0 unspecified atom stereocenters. The average molecular weight is 413 g/mol. The molecule has 2 aliphatic rings. The molecule has 1 amide bonds. The molecule has 2 aromatic carbocycles. The van der Waals surface area contributed by atoms with Crippen LogP contribution < -0.4 is 4.72 Å². The smallest absolute Gasteiger partial charge is 0.261 e. The van der Waals surface area contributed by atoms with Gasteiger partial charge < -0.3 is 4.90 Å². The van der Waals surface area contributed by atoms with Gasteiger partial charge in [0.05, 0.1) is 4.90 Å². The number of nitrogens with one attached hydrogen (secondary N) is 1. The number of carbonyl (C=O) groups excluding carboxylic acids is 1. The molecule has 4 rings (SSSR count). The number of rotatable bonds is 4. The summed E-state index contributed by atoms with van der Waals surface area (Å²) < 4.78 is 28.2. The number of anilines is 1. The minimum absolute atomic E-state index is 0.0679. The van der Waals surface area contributed by atoms with Gasteiger partial charge in [0.15, 0.2) is 0 Å². The second-order valence-electron chi connectivity index (χ2n) is 8.35. The molecule has 1 saturated carbocycles. The zero-order valence-corrected chi connectivity index (χ0v) is 17.6. The summed E-state index contributed by atoms with van der Waals surface area (Å²) in [5, 5.41) is 0. The number of benzene rings is 2. The topological polar surface area (TPSA) is 66.5 Å². The Balaban J connectivity index is 1.51. The lowest BCUT2D eigenvalue weighted by Crippen LogP contribution is -2.44. The largest absolute Gasteiger partial charge is 0.338 e. The van der Waals surface area contributed by atoms with Crippen molar-refractivity contribution in [3.05, 3.63) is 59.7 Å². The highest BCUT2D eigenvalue weighted by molar-refractivity contribution is 7.92. The molecule has 0 spiro atoms. The summed E-state index contributed by atoms with van der Waals surface area (Å²) in [6.45, 7) is 3.47. The predicted molar refractivity (Wildman–Crippen MR) is 114 cm³/mol. The van der Waals surface area contributed by atoms with E-state index in [1.165, 1.54) is 37.8 Å². The van der Waals surface area contributed by atoms with Crippen LogP contribution in [0.3, 0.4) is 0 Å². The number of aryl methyl sites for hydroxylation is 1. The van der Waals surface area contributed by atoms with Crippen LogP contribution >= 0.6 is 0 Å². The molecular weight excluding hydrogens is 384 g/mol. The summed E-state index contributed by atoms with van der Waals surface area (Å²) in [6, 6.07) is 13.6. The molecule has 154 valence electrons. The second-order valence-corrected chi connectivity index (χ2v) is 10.0. The fourth-order valence-corrected chi connectivity index (χ4v) is 5.78. The summed E-state index contributed by atoms with van der Waals surface area (Å²) in [6.07, 6.45) is 6.10. The van der Waals surface area contributed by atoms with E-state index in [2.05, 4.69) is 4.72 Å². The quantitative estimate of drug-likeness (QED) is 0.807. The molecule has 0 bridgehead atoms. The molecule has 2 atom stereocenters. The maximum atomic E-state index is 13.1. The molecule has 29 heavy (non-hydrogen) atoms. The van der Waals surface area contributed by atoms with E-state index in [0.717, 1.165) is 31.0 Å². The summed E-state index contributed by atoms with van der Waals surface area (Å²) in [4.78, 5) is 15.1. The van der Waals surface area contributed by atoms with Crippen molar-refractivity contribution in [3.8, 4) is 0 Å². The van der Waals surface area contributed by atoms with Crippen molar-refractivity contribution in [2.45, 2.75) is 43.9 Å². The van der Waals surface area contributed by atoms with Crippen molar-refractivity contribution < 1.29 is 13.2 Å². The van der Waals surface area contributed by atoms with Crippen molar-refractivity contribution in [3.63, 3.8) is 0 Å². The number of likely N-dealkylation sites (tertiary alicyclic amines) is 1. The van der Waals surface area contributed by atoms with Gasteiger partial charge in [-0.3, -0.25) is 9.52 Å². The molecule has 1 N–H and O–H groups in total. The van der Waals surface area contributed by atoms with Gasteiger partial charge in [0.25, 0.3) is 15.9 Å². The van der Waals surface area contributed by atoms with E-state index in [1.54, 1.807) is 24.3 Å². The van der Waals surface area contributed by atoms with E-state index in [1.807, 2.05) is 24.0 Å². The minimum Gasteiger partial charge on any atom is -0.338 e. The molecule has 2 fully saturated rings. The van der Waals surface area contributed by atoms with Crippen molar-refractivity contribution >= 4 is 21.6 Å². The lowest BCUT2D eigenvalue weighted by atomic mass is 9.75. The van der Waals surface area contributed by atoms with Crippen LogP contribution in [-0.2, 0) is 10.0 Å². The number of carbonyl (C=O) groups is 1. The van der Waals surface area contributed by atoms with E-state index in [9.17, 15) is 13.2 Å². The normalized spacial score (nSPS) is 22.0. The van der Waals surface area contributed by atoms with Gasteiger partial charge in [-0.2, -0.15) is 0 Å².